The Morgan fingerprint density at radius 3 is 2.67 bits per heavy atom. The Hall–Kier alpha value is -1.43. The molecule has 3 saturated heterocycles. The summed E-state index contributed by atoms with van der Waals surface area (Å²) in [5.74, 6) is 0.219. The van der Waals surface area contributed by atoms with E-state index in [9.17, 15) is 9.90 Å². The van der Waals surface area contributed by atoms with Gasteiger partial charge in [-0.25, -0.2) is 0 Å². The molecule has 3 fully saturated rings. The molecule has 2 atom stereocenters. The van der Waals surface area contributed by atoms with Crippen molar-refractivity contribution < 1.29 is 9.90 Å². The van der Waals surface area contributed by atoms with E-state index in [0.29, 0.717) is 12.5 Å². The van der Waals surface area contributed by atoms with Crippen LogP contribution in [0.3, 0.4) is 0 Å². The van der Waals surface area contributed by atoms with Gasteiger partial charge in [0.05, 0.1) is 18.1 Å². The van der Waals surface area contributed by atoms with E-state index in [1.807, 2.05) is 30.3 Å². The summed E-state index contributed by atoms with van der Waals surface area (Å²) < 4.78 is 0. The number of likely N-dealkylation sites (N-methyl/N-ethyl adjacent to an activating group) is 1. The zero-order chi connectivity index (χ0) is 16.7. The third kappa shape index (κ3) is 2.75. The number of aliphatic hydroxyl groups is 1. The fourth-order valence-electron chi connectivity index (χ4n) is 4.77. The molecule has 0 radical (unpaired) electrons. The maximum Gasteiger partial charge on any atom is 0.227 e. The van der Waals surface area contributed by atoms with Gasteiger partial charge in [-0.2, -0.15) is 0 Å². The van der Waals surface area contributed by atoms with Crippen molar-refractivity contribution in [2.75, 3.05) is 39.3 Å². The Morgan fingerprint density at radius 1 is 1.21 bits per heavy atom. The van der Waals surface area contributed by atoms with Gasteiger partial charge >= 0.3 is 0 Å². The van der Waals surface area contributed by atoms with Crippen LogP contribution in [0.1, 0.15) is 18.9 Å². The first-order chi connectivity index (χ1) is 11.6. The van der Waals surface area contributed by atoms with Crippen LogP contribution in [0.4, 0.5) is 0 Å². The molecular weight excluding hydrogens is 302 g/mol. The van der Waals surface area contributed by atoms with Crippen LogP contribution >= 0.6 is 0 Å². The Kier molecular flexibility index (Phi) is 4.11. The van der Waals surface area contributed by atoms with Crippen molar-refractivity contribution >= 4 is 5.91 Å². The molecule has 3 heterocycles. The summed E-state index contributed by atoms with van der Waals surface area (Å²) in [4.78, 5) is 19.8. The lowest BCUT2D eigenvalue weighted by Crippen LogP contribution is -2.78. The third-order valence-corrected chi connectivity index (χ3v) is 5.95. The molecule has 1 aromatic carbocycles. The molecule has 5 heteroatoms. The Morgan fingerprint density at radius 2 is 1.96 bits per heavy atom. The molecule has 130 valence electrons. The van der Waals surface area contributed by atoms with E-state index in [1.165, 1.54) is 0 Å². The average Bonchev–Trinajstić information content (AvgIpc) is 2.93. The number of likely N-dealkylation sites (tertiary alicyclic amines) is 1. The lowest BCUT2D eigenvalue weighted by molar-refractivity contribution is -0.149. The van der Waals surface area contributed by atoms with E-state index >= 15 is 0 Å². The molecule has 24 heavy (non-hydrogen) atoms. The summed E-state index contributed by atoms with van der Waals surface area (Å²) in [6.07, 6.45) is 1.03. The van der Waals surface area contributed by atoms with Crippen LogP contribution in [0.2, 0.25) is 0 Å². The predicted octanol–water partition coefficient (Wildman–Crippen LogP) is 0.581. The Bertz CT molecular complexity index is 600. The van der Waals surface area contributed by atoms with Gasteiger partial charge < -0.3 is 10.0 Å². The topological polar surface area (TPSA) is 47.0 Å². The SMILES string of the molecule is CCN1CC2(C1)CN(C(=O)Cc1ccccc1)C[C@@H]1C[C@@H](O)CN12. The lowest BCUT2D eigenvalue weighted by Gasteiger charge is -2.61. The molecule has 0 saturated carbocycles. The number of aliphatic hydroxyl groups excluding tert-OH is 1. The van der Waals surface area contributed by atoms with E-state index in [2.05, 4.69) is 21.6 Å². The molecule has 4 rings (SSSR count). The van der Waals surface area contributed by atoms with Gasteiger partial charge in [-0.05, 0) is 18.5 Å². The van der Waals surface area contributed by atoms with Crippen LogP contribution in [0.5, 0.6) is 0 Å². The highest BCUT2D eigenvalue weighted by molar-refractivity contribution is 5.79. The Balaban J connectivity index is 1.49. The maximum absolute atomic E-state index is 12.8. The third-order valence-electron chi connectivity index (χ3n) is 5.95. The quantitative estimate of drug-likeness (QED) is 0.881. The maximum atomic E-state index is 12.8. The van der Waals surface area contributed by atoms with Crippen molar-refractivity contribution in [3.05, 3.63) is 35.9 Å². The van der Waals surface area contributed by atoms with E-state index < -0.39 is 0 Å². The number of carbonyl (C=O) groups is 1. The second kappa shape index (κ2) is 6.14. The molecule has 5 nitrogen and oxygen atoms in total. The highest BCUT2D eigenvalue weighted by atomic mass is 16.3. The molecule has 0 aliphatic carbocycles. The summed E-state index contributed by atoms with van der Waals surface area (Å²) in [5.41, 5.74) is 1.14. The number of carbonyl (C=O) groups excluding carboxylic acids is 1. The normalized spacial score (nSPS) is 29.5. The lowest BCUT2D eigenvalue weighted by atomic mass is 9.83. The number of hydrogen-bond donors (Lipinski definition) is 1. The largest absolute Gasteiger partial charge is 0.392 e. The minimum atomic E-state index is -0.244. The summed E-state index contributed by atoms with van der Waals surface area (Å²) in [5, 5.41) is 10.1. The first kappa shape index (κ1) is 16.1. The monoisotopic (exact) mass is 329 g/mol. The zero-order valence-electron chi connectivity index (χ0n) is 14.4. The molecule has 0 bridgehead atoms. The van der Waals surface area contributed by atoms with Gasteiger partial charge in [0, 0.05) is 38.8 Å². The van der Waals surface area contributed by atoms with Gasteiger partial charge in [0.1, 0.15) is 0 Å². The summed E-state index contributed by atoms with van der Waals surface area (Å²) in [6, 6.07) is 10.3. The van der Waals surface area contributed by atoms with E-state index in [0.717, 1.165) is 51.3 Å². The van der Waals surface area contributed by atoms with Gasteiger partial charge in [-0.15, -0.1) is 0 Å². The van der Waals surface area contributed by atoms with Gasteiger partial charge in [0.2, 0.25) is 5.91 Å². The number of hydrogen-bond acceptors (Lipinski definition) is 4. The number of rotatable bonds is 3. The predicted molar refractivity (Wildman–Crippen MR) is 92.7 cm³/mol. The fraction of sp³-hybridized carbons (Fsp3) is 0.632. The van der Waals surface area contributed by atoms with Crippen molar-refractivity contribution in [1.29, 1.82) is 0 Å². The molecule has 3 aliphatic rings. The number of fused-ring (bicyclic) bond motifs is 2. The zero-order valence-corrected chi connectivity index (χ0v) is 14.4. The molecule has 1 amide bonds. The van der Waals surface area contributed by atoms with Gasteiger partial charge in [-0.3, -0.25) is 14.6 Å². The van der Waals surface area contributed by atoms with Crippen LogP contribution in [0.15, 0.2) is 30.3 Å². The summed E-state index contributed by atoms with van der Waals surface area (Å²) in [7, 11) is 0. The number of piperazine rings is 1. The van der Waals surface area contributed by atoms with Crippen molar-refractivity contribution in [3.8, 4) is 0 Å². The van der Waals surface area contributed by atoms with Gasteiger partial charge in [0.15, 0.2) is 0 Å². The Labute approximate surface area is 143 Å². The summed E-state index contributed by atoms with van der Waals surface area (Å²) in [6.45, 7) is 7.60. The standard InChI is InChI=1S/C19H27N3O2/c1-2-20-12-19(13-20)14-21(10-16-9-17(23)11-22(16)19)18(24)8-15-6-4-3-5-7-15/h3-7,16-17,23H,2,8-14H2,1H3/t16-,17+/m0/s1. The minimum absolute atomic E-state index is 0.0583. The highest BCUT2D eigenvalue weighted by Gasteiger charge is 2.56. The van der Waals surface area contributed by atoms with Crippen LogP contribution in [0, 0.1) is 0 Å². The van der Waals surface area contributed by atoms with Gasteiger partial charge in [-0.1, -0.05) is 37.3 Å². The molecule has 0 aromatic heterocycles. The fourth-order valence-corrected chi connectivity index (χ4v) is 4.77. The minimum Gasteiger partial charge on any atom is -0.392 e. The first-order valence-electron chi connectivity index (χ1n) is 9.08. The number of β-amino-alcohol motifs (C(OH)–C–C–N with tert-alkyl or cyclic N) is 1. The van der Waals surface area contributed by atoms with Gasteiger partial charge in [0.25, 0.3) is 0 Å². The number of benzene rings is 1. The number of amides is 1. The molecule has 1 N–H and O–H groups in total. The second-order valence-corrected chi connectivity index (χ2v) is 7.66. The van der Waals surface area contributed by atoms with Crippen molar-refractivity contribution in [1.82, 2.24) is 14.7 Å². The van der Waals surface area contributed by atoms with Crippen molar-refractivity contribution in [2.45, 2.75) is 37.5 Å². The summed E-state index contributed by atoms with van der Waals surface area (Å²) >= 11 is 0. The smallest absolute Gasteiger partial charge is 0.227 e. The van der Waals surface area contributed by atoms with Crippen LogP contribution < -0.4 is 0 Å². The highest BCUT2D eigenvalue weighted by Crippen LogP contribution is 2.38. The van der Waals surface area contributed by atoms with Crippen LogP contribution in [-0.4, -0.2) is 82.7 Å². The van der Waals surface area contributed by atoms with Crippen LogP contribution in [0.25, 0.3) is 0 Å². The molecule has 1 aromatic rings. The van der Waals surface area contributed by atoms with E-state index in [-0.39, 0.29) is 17.6 Å². The van der Waals surface area contributed by atoms with E-state index in [4.69, 9.17) is 0 Å². The van der Waals surface area contributed by atoms with E-state index in [1.54, 1.807) is 0 Å². The molecular formula is C19H27N3O2. The molecule has 1 spiro atoms. The first-order valence-corrected chi connectivity index (χ1v) is 9.08. The second-order valence-electron chi connectivity index (χ2n) is 7.66. The molecule has 0 unspecified atom stereocenters. The van der Waals surface area contributed by atoms with Crippen molar-refractivity contribution in [2.24, 2.45) is 0 Å². The average molecular weight is 329 g/mol. The number of nitrogens with zero attached hydrogens (tertiary/aromatic N) is 3. The van der Waals surface area contributed by atoms with Crippen LogP contribution in [-0.2, 0) is 11.2 Å². The van der Waals surface area contributed by atoms with Crippen molar-refractivity contribution in [3.63, 3.8) is 0 Å². The molecule has 3 aliphatic heterocycles.